The minimum absolute atomic E-state index is 0.104. The maximum atomic E-state index is 13.6. The lowest BCUT2D eigenvalue weighted by atomic mass is 10.0. The summed E-state index contributed by atoms with van der Waals surface area (Å²) in [6.07, 6.45) is 0. The van der Waals surface area contributed by atoms with E-state index in [1.807, 2.05) is 0 Å². The van der Waals surface area contributed by atoms with Gasteiger partial charge in [0.15, 0.2) is 0 Å². The molecule has 0 heterocycles. The number of methoxy groups -OCH3 is 1. The van der Waals surface area contributed by atoms with Crippen LogP contribution < -0.4 is 0 Å². The lowest BCUT2D eigenvalue weighted by Crippen LogP contribution is -2.15. The van der Waals surface area contributed by atoms with Crippen LogP contribution in [0.2, 0.25) is 0 Å². The molecule has 0 aromatic heterocycles. The van der Waals surface area contributed by atoms with Gasteiger partial charge in [-0.3, -0.25) is 4.99 Å². The third-order valence-corrected chi connectivity index (χ3v) is 2.52. The van der Waals surface area contributed by atoms with E-state index in [-0.39, 0.29) is 11.3 Å². The van der Waals surface area contributed by atoms with Crippen LogP contribution in [0.1, 0.15) is 12.5 Å². The predicted octanol–water partition coefficient (Wildman–Crippen LogP) is 2.50. The van der Waals surface area contributed by atoms with Crippen LogP contribution in [0.3, 0.4) is 0 Å². The van der Waals surface area contributed by atoms with Crippen LogP contribution in [0.25, 0.3) is 5.76 Å². The zero-order chi connectivity index (χ0) is 14.6. The van der Waals surface area contributed by atoms with Crippen LogP contribution in [0.4, 0.5) is 8.78 Å². The topological polar surface area (TPSA) is 58.9 Å². The summed E-state index contributed by atoms with van der Waals surface area (Å²) in [6, 6.07) is 3.10. The van der Waals surface area contributed by atoms with Crippen molar-refractivity contribution in [1.82, 2.24) is 0 Å². The number of carbonyl (C=O) groups excluding carboxylic acids is 1. The Hall–Kier alpha value is -2.24. The van der Waals surface area contributed by atoms with Gasteiger partial charge in [-0.2, -0.15) is 0 Å². The fourth-order valence-electron chi connectivity index (χ4n) is 1.48. The number of ether oxygens (including phenoxy) is 1. The number of hydrogen-bond donors (Lipinski definition) is 1. The molecule has 1 aromatic carbocycles. The molecular formula is C13H13F2NO3. The first-order valence-electron chi connectivity index (χ1n) is 5.33. The first kappa shape index (κ1) is 14.8. The van der Waals surface area contributed by atoms with Gasteiger partial charge in [-0.15, -0.1) is 0 Å². The molecule has 0 aliphatic rings. The fraction of sp³-hybridized carbons (Fsp3) is 0.231. The van der Waals surface area contributed by atoms with Crippen molar-refractivity contribution in [1.29, 1.82) is 0 Å². The van der Waals surface area contributed by atoms with Crippen molar-refractivity contribution in [2.45, 2.75) is 6.92 Å². The molecule has 0 aliphatic heterocycles. The third-order valence-electron chi connectivity index (χ3n) is 2.52. The van der Waals surface area contributed by atoms with Gasteiger partial charge in [0, 0.05) is 12.8 Å². The average Bonchev–Trinajstić information content (AvgIpc) is 2.38. The van der Waals surface area contributed by atoms with E-state index in [1.54, 1.807) is 0 Å². The van der Waals surface area contributed by atoms with E-state index in [9.17, 15) is 18.7 Å². The zero-order valence-electron chi connectivity index (χ0n) is 10.7. The number of aliphatic imine (C=N–C) groups is 1. The second-order valence-corrected chi connectivity index (χ2v) is 3.62. The second-order valence-electron chi connectivity index (χ2n) is 3.62. The molecule has 0 fully saturated rings. The van der Waals surface area contributed by atoms with Crippen LogP contribution in [0.5, 0.6) is 0 Å². The maximum Gasteiger partial charge on any atom is 0.343 e. The molecule has 0 unspecified atom stereocenters. The van der Waals surface area contributed by atoms with Crippen LogP contribution >= 0.6 is 0 Å². The van der Waals surface area contributed by atoms with Gasteiger partial charge in [0.2, 0.25) is 0 Å². The number of aliphatic hydroxyl groups is 1. The van der Waals surface area contributed by atoms with Crippen molar-refractivity contribution in [2.75, 3.05) is 14.2 Å². The van der Waals surface area contributed by atoms with E-state index in [0.717, 1.165) is 25.3 Å². The molecule has 0 saturated carbocycles. The first-order chi connectivity index (χ1) is 8.93. The highest BCUT2D eigenvalue weighted by molar-refractivity contribution is 6.23. The van der Waals surface area contributed by atoms with Crippen molar-refractivity contribution >= 4 is 17.4 Å². The Balaban J connectivity index is 3.59. The van der Waals surface area contributed by atoms with Crippen LogP contribution in [-0.2, 0) is 9.53 Å². The second kappa shape index (κ2) is 6.08. The normalized spacial score (nSPS) is 13.0. The van der Waals surface area contributed by atoms with Crippen LogP contribution in [0, 0.1) is 11.6 Å². The first-order valence-corrected chi connectivity index (χ1v) is 5.33. The van der Waals surface area contributed by atoms with Gasteiger partial charge >= 0.3 is 5.97 Å². The molecule has 1 aromatic rings. The van der Waals surface area contributed by atoms with Crippen LogP contribution in [0.15, 0.2) is 28.8 Å². The number of hydrogen-bond acceptors (Lipinski definition) is 4. The Morgan fingerprint density at radius 1 is 1.32 bits per heavy atom. The molecule has 0 atom stereocenters. The molecule has 0 aliphatic carbocycles. The summed E-state index contributed by atoms with van der Waals surface area (Å²) in [6.45, 7) is 1.42. The van der Waals surface area contributed by atoms with E-state index in [0.29, 0.717) is 0 Å². The van der Waals surface area contributed by atoms with Gasteiger partial charge in [0.1, 0.15) is 23.0 Å². The van der Waals surface area contributed by atoms with Gasteiger partial charge in [-0.1, -0.05) is 6.07 Å². The predicted molar refractivity (Wildman–Crippen MR) is 67.0 cm³/mol. The standard InChI is InChI=1S/C13H13F2NO3/c1-7(16-2)10(13(18)19-3)12(17)11-8(14)5-4-6-9(11)15/h4-6,17H,1-3H3. The summed E-state index contributed by atoms with van der Waals surface area (Å²) in [7, 11) is 2.47. The average molecular weight is 269 g/mol. The molecule has 0 spiro atoms. The Morgan fingerprint density at radius 2 is 1.84 bits per heavy atom. The van der Waals surface area contributed by atoms with Gasteiger partial charge < -0.3 is 9.84 Å². The summed E-state index contributed by atoms with van der Waals surface area (Å²) in [5.41, 5.74) is -0.966. The largest absolute Gasteiger partial charge is 0.506 e. The van der Waals surface area contributed by atoms with E-state index >= 15 is 0 Å². The number of aliphatic hydroxyl groups excluding tert-OH is 1. The number of nitrogens with zero attached hydrogens (tertiary/aromatic N) is 1. The van der Waals surface area contributed by atoms with Crippen LogP contribution in [-0.4, -0.2) is 30.9 Å². The Kier molecular flexibility index (Phi) is 4.74. The summed E-state index contributed by atoms with van der Waals surface area (Å²) in [5.74, 6) is -3.74. The van der Waals surface area contributed by atoms with Gasteiger partial charge in [0.25, 0.3) is 0 Å². The molecule has 0 amide bonds. The Morgan fingerprint density at radius 3 is 2.26 bits per heavy atom. The SMILES string of the molecule is CN=C(C)C(C(=O)OC)=C(O)c1c(F)cccc1F. The van der Waals surface area contributed by atoms with Gasteiger partial charge in [-0.25, -0.2) is 13.6 Å². The number of halogens is 2. The molecule has 1 N–H and O–H groups in total. The minimum Gasteiger partial charge on any atom is -0.506 e. The summed E-state index contributed by atoms with van der Waals surface area (Å²) in [4.78, 5) is 15.3. The lowest BCUT2D eigenvalue weighted by molar-refractivity contribution is -0.135. The van der Waals surface area contributed by atoms with Crippen molar-refractivity contribution < 1.29 is 23.4 Å². The number of esters is 1. The van der Waals surface area contributed by atoms with Crippen molar-refractivity contribution in [2.24, 2.45) is 4.99 Å². The molecule has 102 valence electrons. The highest BCUT2D eigenvalue weighted by atomic mass is 19.1. The zero-order valence-corrected chi connectivity index (χ0v) is 10.7. The fourth-order valence-corrected chi connectivity index (χ4v) is 1.48. The monoisotopic (exact) mass is 269 g/mol. The number of rotatable bonds is 3. The summed E-state index contributed by atoms with van der Waals surface area (Å²) in [5, 5.41) is 9.96. The number of benzene rings is 1. The molecule has 0 radical (unpaired) electrons. The molecular weight excluding hydrogens is 256 g/mol. The number of carbonyl (C=O) groups is 1. The highest BCUT2D eigenvalue weighted by Crippen LogP contribution is 2.24. The molecule has 1 rings (SSSR count). The van der Waals surface area contributed by atoms with E-state index in [1.165, 1.54) is 14.0 Å². The Bertz CT molecular complexity index is 545. The summed E-state index contributed by atoms with van der Waals surface area (Å²) >= 11 is 0. The molecule has 0 saturated heterocycles. The lowest BCUT2D eigenvalue weighted by Gasteiger charge is -2.10. The van der Waals surface area contributed by atoms with Gasteiger partial charge in [0.05, 0.1) is 12.7 Å². The summed E-state index contributed by atoms with van der Waals surface area (Å²) < 4.78 is 31.6. The molecule has 0 bridgehead atoms. The van der Waals surface area contributed by atoms with Crippen molar-refractivity contribution in [3.63, 3.8) is 0 Å². The van der Waals surface area contributed by atoms with Crippen molar-refractivity contribution in [3.8, 4) is 0 Å². The highest BCUT2D eigenvalue weighted by Gasteiger charge is 2.24. The molecule has 6 heteroatoms. The minimum atomic E-state index is -0.984. The smallest absolute Gasteiger partial charge is 0.343 e. The molecule has 4 nitrogen and oxygen atoms in total. The van der Waals surface area contributed by atoms with E-state index < -0.39 is 28.9 Å². The Labute approximate surface area is 109 Å². The molecule has 19 heavy (non-hydrogen) atoms. The maximum absolute atomic E-state index is 13.6. The van der Waals surface area contributed by atoms with Crippen molar-refractivity contribution in [3.05, 3.63) is 41.0 Å². The third kappa shape index (κ3) is 2.96. The van der Waals surface area contributed by atoms with E-state index in [2.05, 4.69) is 9.73 Å². The van der Waals surface area contributed by atoms with Gasteiger partial charge in [-0.05, 0) is 19.1 Å². The van der Waals surface area contributed by atoms with E-state index in [4.69, 9.17) is 0 Å². The quantitative estimate of drug-likeness (QED) is 0.397.